The van der Waals surface area contributed by atoms with Crippen LogP contribution < -0.4 is 5.32 Å². The number of amides is 1. The van der Waals surface area contributed by atoms with Gasteiger partial charge in [0.25, 0.3) is 0 Å². The third-order valence-corrected chi connectivity index (χ3v) is 4.09. The first kappa shape index (κ1) is 16.0. The van der Waals surface area contributed by atoms with Crippen LogP contribution in [0, 0.1) is 5.41 Å². The molecule has 110 valence electrons. The summed E-state index contributed by atoms with van der Waals surface area (Å²) in [6.45, 7) is 8.87. The van der Waals surface area contributed by atoms with Gasteiger partial charge in [0.2, 0.25) is 5.91 Å². The van der Waals surface area contributed by atoms with Crippen LogP contribution >= 0.6 is 0 Å². The van der Waals surface area contributed by atoms with Gasteiger partial charge in [-0.15, -0.1) is 0 Å². The SMILES string of the molecule is CCC1(C(=O)O)CCCN(C(C)C(=O)NC(C)C)C1. The lowest BCUT2D eigenvalue weighted by Gasteiger charge is -2.41. The molecule has 0 bridgehead atoms. The number of rotatable bonds is 5. The van der Waals surface area contributed by atoms with Crippen molar-refractivity contribution in [2.24, 2.45) is 5.41 Å². The van der Waals surface area contributed by atoms with Crippen LogP contribution in [-0.2, 0) is 9.59 Å². The Kier molecular flexibility index (Phi) is 5.35. The van der Waals surface area contributed by atoms with E-state index in [9.17, 15) is 14.7 Å². The zero-order chi connectivity index (χ0) is 14.6. The summed E-state index contributed by atoms with van der Waals surface area (Å²) in [6, 6.07) is -0.164. The Morgan fingerprint density at radius 3 is 2.47 bits per heavy atom. The molecule has 2 N–H and O–H groups in total. The summed E-state index contributed by atoms with van der Waals surface area (Å²) in [7, 11) is 0. The summed E-state index contributed by atoms with van der Waals surface area (Å²) < 4.78 is 0. The van der Waals surface area contributed by atoms with Crippen molar-refractivity contribution in [3.63, 3.8) is 0 Å². The van der Waals surface area contributed by atoms with E-state index in [1.165, 1.54) is 0 Å². The van der Waals surface area contributed by atoms with Crippen molar-refractivity contribution in [2.75, 3.05) is 13.1 Å². The maximum atomic E-state index is 12.0. The highest BCUT2D eigenvalue weighted by Crippen LogP contribution is 2.34. The van der Waals surface area contributed by atoms with Gasteiger partial charge in [-0.2, -0.15) is 0 Å². The lowest BCUT2D eigenvalue weighted by Crippen LogP contribution is -2.55. The first-order valence-corrected chi connectivity index (χ1v) is 7.10. The van der Waals surface area contributed by atoms with Gasteiger partial charge < -0.3 is 10.4 Å². The minimum Gasteiger partial charge on any atom is -0.481 e. The number of carbonyl (C=O) groups is 2. The molecular formula is C14H26N2O3. The van der Waals surface area contributed by atoms with Crippen LogP contribution in [0.2, 0.25) is 0 Å². The summed E-state index contributed by atoms with van der Waals surface area (Å²) >= 11 is 0. The molecule has 1 saturated heterocycles. The first-order valence-electron chi connectivity index (χ1n) is 7.10. The molecule has 19 heavy (non-hydrogen) atoms. The number of carbonyl (C=O) groups excluding carboxylic acids is 1. The molecular weight excluding hydrogens is 244 g/mol. The fourth-order valence-corrected chi connectivity index (χ4v) is 2.68. The van der Waals surface area contributed by atoms with Crippen LogP contribution in [0.15, 0.2) is 0 Å². The van der Waals surface area contributed by atoms with E-state index in [0.717, 1.165) is 13.0 Å². The molecule has 0 aromatic heterocycles. The average molecular weight is 270 g/mol. The zero-order valence-corrected chi connectivity index (χ0v) is 12.4. The van der Waals surface area contributed by atoms with Crippen LogP contribution in [0.25, 0.3) is 0 Å². The molecule has 2 atom stereocenters. The molecule has 0 spiro atoms. The largest absolute Gasteiger partial charge is 0.481 e. The maximum absolute atomic E-state index is 12.0. The van der Waals surface area contributed by atoms with Crippen molar-refractivity contribution in [1.82, 2.24) is 10.2 Å². The molecule has 1 amide bonds. The lowest BCUT2D eigenvalue weighted by atomic mass is 9.77. The maximum Gasteiger partial charge on any atom is 0.310 e. The van der Waals surface area contributed by atoms with Crippen molar-refractivity contribution in [2.45, 2.75) is 59.0 Å². The molecule has 2 unspecified atom stereocenters. The van der Waals surface area contributed by atoms with E-state index in [1.807, 2.05) is 32.6 Å². The zero-order valence-electron chi connectivity index (χ0n) is 12.4. The summed E-state index contributed by atoms with van der Waals surface area (Å²) in [6.07, 6.45) is 2.14. The molecule has 1 rings (SSSR count). The Hall–Kier alpha value is -1.10. The van der Waals surface area contributed by atoms with Crippen molar-refractivity contribution < 1.29 is 14.7 Å². The Morgan fingerprint density at radius 2 is 2.00 bits per heavy atom. The molecule has 0 aromatic rings. The van der Waals surface area contributed by atoms with E-state index < -0.39 is 11.4 Å². The van der Waals surface area contributed by atoms with E-state index in [4.69, 9.17) is 0 Å². The highest BCUT2D eigenvalue weighted by Gasteiger charge is 2.42. The predicted octanol–water partition coefficient (Wildman–Crippen LogP) is 1.48. The van der Waals surface area contributed by atoms with Gasteiger partial charge in [-0.1, -0.05) is 6.92 Å². The van der Waals surface area contributed by atoms with Gasteiger partial charge in [0, 0.05) is 12.6 Å². The van der Waals surface area contributed by atoms with Gasteiger partial charge in [0.05, 0.1) is 11.5 Å². The fraction of sp³-hybridized carbons (Fsp3) is 0.857. The van der Waals surface area contributed by atoms with Gasteiger partial charge in [0.15, 0.2) is 0 Å². The van der Waals surface area contributed by atoms with Crippen molar-refractivity contribution in [3.8, 4) is 0 Å². The van der Waals surface area contributed by atoms with Gasteiger partial charge in [-0.25, -0.2) is 0 Å². The van der Waals surface area contributed by atoms with Gasteiger partial charge in [-0.3, -0.25) is 14.5 Å². The van der Waals surface area contributed by atoms with Gasteiger partial charge >= 0.3 is 5.97 Å². The Labute approximate surface area is 115 Å². The Bertz CT molecular complexity index is 344. The molecule has 5 nitrogen and oxygen atoms in total. The predicted molar refractivity (Wildman–Crippen MR) is 73.9 cm³/mol. The second-order valence-corrected chi connectivity index (χ2v) is 5.85. The third kappa shape index (κ3) is 3.69. The topological polar surface area (TPSA) is 69.6 Å². The fourth-order valence-electron chi connectivity index (χ4n) is 2.68. The summed E-state index contributed by atoms with van der Waals surface area (Å²) in [5, 5.41) is 12.3. The third-order valence-electron chi connectivity index (χ3n) is 4.09. The molecule has 1 heterocycles. The number of carboxylic acid groups (broad SMARTS) is 1. The first-order chi connectivity index (χ1) is 8.82. The summed E-state index contributed by atoms with van der Waals surface area (Å²) in [5.74, 6) is -0.761. The van der Waals surface area contributed by atoms with Crippen LogP contribution in [0.1, 0.15) is 47.0 Å². The molecule has 0 radical (unpaired) electrons. The smallest absolute Gasteiger partial charge is 0.310 e. The van der Waals surface area contributed by atoms with Crippen LogP contribution in [0.5, 0.6) is 0 Å². The highest BCUT2D eigenvalue weighted by atomic mass is 16.4. The van der Waals surface area contributed by atoms with Crippen molar-refractivity contribution >= 4 is 11.9 Å². The van der Waals surface area contributed by atoms with E-state index in [2.05, 4.69) is 5.32 Å². The quantitative estimate of drug-likeness (QED) is 0.794. The monoisotopic (exact) mass is 270 g/mol. The normalized spacial score (nSPS) is 26.2. The molecule has 0 aliphatic carbocycles. The highest BCUT2D eigenvalue weighted by molar-refractivity contribution is 5.82. The number of hydrogen-bond donors (Lipinski definition) is 2. The van der Waals surface area contributed by atoms with Crippen LogP contribution in [0.4, 0.5) is 0 Å². The molecule has 0 saturated carbocycles. The number of nitrogens with one attached hydrogen (secondary N) is 1. The van der Waals surface area contributed by atoms with Crippen molar-refractivity contribution in [1.29, 1.82) is 0 Å². The number of aliphatic carboxylic acids is 1. The summed E-state index contributed by atoms with van der Waals surface area (Å²) in [4.78, 5) is 25.5. The Morgan fingerprint density at radius 1 is 1.37 bits per heavy atom. The molecule has 1 aliphatic heterocycles. The van der Waals surface area contributed by atoms with Gasteiger partial charge in [0.1, 0.15) is 0 Å². The average Bonchev–Trinajstić information content (AvgIpc) is 2.36. The van der Waals surface area contributed by atoms with Crippen LogP contribution in [0.3, 0.4) is 0 Å². The minimum absolute atomic E-state index is 0.0210. The number of piperidine rings is 1. The molecule has 1 aliphatic rings. The second-order valence-electron chi connectivity index (χ2n) is 5.85. The van der Waals surface area contributed by atoms with Crippen LogP contribution in [-0.4, -0.2) is 47.1 Å². The van der Waals surface area contributed by atoms with E-state index in [-0.39, 0.29) is 18.0 Å². The summed E-state index contributed by atoms with van der Waals surface area (Å²) in [5.41, 5.74) is -0.690. The minimum atomic E-state index is -0.740. The number of hydrogen-bond acceptors (Lipinski definition) is 3. The standard InChI is InChI=1S/C14H26N2O3/c1-5-14(13(18)19)7-6-8-16(9-14)11(4)12(17)15-10(2)3/h10-11H,5-9H2,1-4H3,(H,15,17)(H,18,19). The second kappa shape index (κ2) is 6.37. The van der Waals surface area contributed by atoms with E-state index >= 15 is 0 Å². The number of nitrogens with zero attached hydrogens (tertiary/aromatic N) is 1. The molecule has 0 aromatic carbocycles. The lowest BCUT2D eigenvalue weighted by molar-refractivity contribution is -0.154. The Balaban J connectivity index is 2.73. The van der Waals surface area contributed by atoms with E-state index in [0.29, 0.717) is 19.4 Å². The molecule has 5 heteroatoms. The number of likely N-dealkylation sites (tertiary alicyclic amines) is 1. The molecule has 1 fully saturated rings. The van der Waals surface area contributed by atoms with Gasteiger partial charge in [-0.05, 0) is 46.6 Å². The van der Waals surface area contributed by atoms with Crippen molar-refractivity contribution in [3.05, 3.63) is 0 Å². The van der Waals surface area contributed by atoms with E-state index in [1.54, 1.807) is 0 Å². The number of carboxylic acids is 1.